The minimum absolute atomic E-state index is 0.0151. The number of benzene rings is 2. The Hall–Kier alpha value is -1.91. The van der Waals surface area contributed by atoms with E-state index in [1.807, 2.05) is 60.7 Å². The lowest BCUT2D eigenvalue weighted by atomic mass is 9.64. The minimum Gasteiger partial charge on any atom is -0.410 e. The molecule has 0 aromatic heterocycles. The first kappa shape index (κ1) is 16.9. The Kier molecular flexibility index (Phi) is 5.17. The molecule has 1 heterocycles. The van der Waals surface area contributed by atoms with Gasteiger partial charge in [0.1, 0.15) is 0 Å². The van der Waals surface area contributed by atoms with Crippen LogP contribution in [0.15, 0.2) is 60.7 Å². The van der Waals surface area contributed by atoms with Gasteiger partial charge in [0.05, 0.1) is 0 Å². The second-order valence-corrected chi connectivity index (χ2v) is 7.17. The Morgan fingerprint density at radius 2 is 1.54 bits per heavy atom. The number of ketones is 1. The fraction of sp³-hybridized carbons (Fsp3) is 0.350. The molecule has 1 saturated heterocycles. The van der Waals surface area contributed by atoms with Crippen LogP contribution in [0.3, 0.4) is 0 Å². The number of hydrogen-bond acceptors (Lipinski definition) is 3. The summed E-state index contributed by atoms with van der Waals surface area (Å²) in [5.41, 5.74) is 1.82. The number of carbonyl (C=O) groups is 1. The largest absolute Gasteiger partial charge is 0.465 e. The SMILES string of the molecule is CC1(C)COB([C@@H](CC(=O)c2ccccc2)c2ccccc2)OC1. The molecule has 1 atom stereocenters. The Bertz CT molecular complexity index is 660. The molecule has 1 fully saturated rings. The smallest absolute Gasteiger partial charge is 0.410 e. The molecule has 0 spiro atoms. The van der Waals surface area contributed by atoms with Gasteiger partial charge in [-0.05, 0) is 5.56 Å². The first-order chi connectivity index (χ1) is 11.6. The van der Waals surface area contributed by atoms with Crippen LogP contribution in [-0.2, 0) is 9.31 Å². The van der Waals surface area contributed by atoms with Crippen molar-refractivity contribution < 1.29 is 14.1 Å². The van der Waals surface area contributed by atoms with E-state index < -0.39 is 0 Å². The van der Waals surface area contributed by atoms with E-state index in [1.54, 1.807) is 0 Å². The number of rotatable bonds is 5. The van der Waals surface area contributed by atoms with Crippen LogP contribution in [0.4, 0.5) is 0 Å². The number of Topliss-reactive ketones (excluding diaryl/α,β-unsaturated/α-hetero) is 1. The normalized spacial score (nSPS) is 18.2. The molecule has 0 N–H and O–H groups in total. The van der Waals surface area contributed by atoms with Gasteiger partial charge in [0.15, 0.2) is 5.78 Å². The summed E-state index contributed by atoms with van der Waals surface area (Å²) in [6, 6.07) is 19.4. The van der Waals surface area contributed by atoms with Crippen molar-refractivity contribution in [2.24, 2.45) is 5.41 Å². The molecule has 2 aromatic carbocycles. The van der Waals surface area contributed by atoms with Crippen molar-refractivity contribution in [3.05, 3.63) is 71.8 Å². The van der Waals surface area contributed by atoms with Crippen molar-refractivity contribution in [1.82, 2.24) is 0 Å². The van der Waals surface area contributed by atoms with E-state index in [0.29, 0.717) is 19.6 Å². The van der Waals surface area contributed by atoms with Crippen LogP contribution < -0.4 is 0 Å². The van der Waals surface area contributed by atoms with Gasteiger partial charge >= 0.3 is 7.12 Å². The summed E-state index contributed by atoms with van der Waals surface area (Å²) >= 11 is 0. The molecule has 0 radical (unpaired) electrons. The molecule has 0 aliphatic carbocycles. The molecule has 1 aliphatic rings. The number of hydrogen-bond donors (Lipinski definition) is 0. The summed E-state index contributed by atoms with van der Waals surface area (Å²) in [4.78, 5) is 12.7. The highest BCUT2D eigenvalue weighted by Crippen LogP contribution is 2.31. The Labute approximate surface area is 144 Å². The van der Waals surface area contributed by atoms with E-state index in [9.17, 15) is 4.79 Å². The Balaban J connectivity index is 1.80. The minimum atomic E-state index is -0.381. The third kappa shape index (κ3) is 4.13. The highest BCUT2D eigenvalue weighted by molar-refractivity contribution is 6.47. The van der Waals surface area contributed by atoms with Gasteiger partial charge in [0.2, 0.25) is 0 Å². The Morgan fingerprint density at radius 3 is 2.12 bits per heavy atom. The second-order valence-electron chi connectivity index (χ2n) is 7.17. The second kappa shape index (κ2) is 7.33. The lowest BCUT2D eigenvalue weighted by Gasteiger charge is -2.36. The summed E-state index contributed by atoms with van der Waals surface area (Å²) in [6.07, 6.45) is 0.374. The molecule has 3 nitrogen and oxygen atoms in total. The van der Waals surface area contributed by atoms with Gasteiger partial charge in [-0.1, -0.05) is 74.5 Å². The van der Waals surface area contributed by atoms with Gasteiger partial charge in [-0.25, -0.2) is 0 Å². The van der Waals surface area contributed by atoms with E-state index in [-0.39, 0.29) is 24.1 Å². The lowest BCUT2D eigenvalue weighted by Crippen LogP contribution is -2.44. The fourth-order valence-electron chi connectivity index (χ4n) is 2.95. The van der Waals surface area contributed by atoms with Crippen LogP contribution >= 0.6 is 0 Å². The molecule has 24 heavy (non-hydrogen) atoms. The molecule has 0 unspecified atom stereocenters. The maximum Gasteiger partial charge on any atom is 0.465 e. The van der Waals surface area contributed by atoms with Crippen LogP contribution in [0.1, 0.15) is 42.0 Å². The molecule has 0 saturated carbocycles. The zero-order valence-corrected chi connectivity index (χ0v) is 14.3. The first-order valence-electron chi connectivity index (χ1n) is 8.42. The summed E-state index contributed by atoms with van der Waals surface area (Å²) in [5.74, 6) is 0.0106. The quantitative estimate of drug-likeness (QED) is 0.613. The van der Waals surface area contributed by atoms with Gasteiger partial charge in [-0.3, -0.25) is 4.79 Å². The first-order valence-corrected chi connectivity index (χ1v) is 8.42. The van der Waals surface area contributed by atoms with E-state index in [1.165, 1.54) is 0 Å². The van der Waals surface area contributed by atoms with Gasteiger partial charge in [0.25, 0.3) is 0 Å². The highest BCUT2D eigenvalue weighted by Gasteiger charge is 2.39. The van der Waals surface area contributed by atoms with Gasteiger partial charge in [-0.2, -0.15) is 0 Å². The monoisotopic (exact) mass is 322 g/mol. The highest BCUT2D eigenvalue weighted by atomic mass is 16.6. The summed E-state index contributed by atoms with van der Waals surface area (Å²) in [7, 11) is -0.381. The van der Waals surface area contributed by atoms with Crippen molar-refractivity contribution >= 4 is 12.9 Å². The van der Waals surface area contributed by atoms with Gasteiger partial charge in [0, 0.05) is 36.4 Å². The van der Waals surface area contributed by atoms with Crippen LogP contribution in [0.2, 0.25) is 0 Å². The third-order valence-corrected chi connectivity index (χ3v) is 4.33. The van der Waals surface area contributed by atoms with E-state index in [2.05, 4.69) is 13.8 Å². The average molecular weight is 322 g/mol. The van der Waals surface area contributed by atoms with Crippen LogP contribution in [0, 0.1) is 5.41 Å². The molecule has 124 valence electrons. The number of carbonyl (C=O) groups excluding carboxylic acids is 1. The van der Waals surface area contributed by atoms with Crippen LogP contribution in [0.5, 0.6) is 0 Å². The fourth-order valence-corrected chi connectivity index (χ4v) is 2.95. The predicted octanol–water partition coefficient (Wildman–Crippen LogP) is 4.14. The van der Waals surface area contributed by atoms with Gasteiger partial charge in [-0.15, -0.1) is 0 Å². The maximum atomic E-state index is 12.7. The molecular formula is C20H23BO3. The van der Waals surface area contributed by atoms with E-state index in [0.717, 1.165) is 11.1 Å². The predicted molar refractivity (Wildman–Crippen MR) is 96.0 cm³/mol. The lowest BCUT2D eigenvalue weighted by molar-refractivity contribution is 0.0238. The molecule has 0 bridgehead atoms. The molecule has 1 aliphatic heterocycles. The zero-order valence-electron chi connectivity index (χ0n) is 14.3. The third-order valence-electron chi connectivity index (χ3n) is 4.33. The maximum absolute atomic E-state index is 12.7. The van der Waals surface area contributed by atoms with Gasteiger partial charge < -0.3 is 9.31 Å². The molecule has 0 amide bonds. The Morgan fingerprint density at radius 1 is 1.00 bits per heavy atom. The van der Waals surface area contributed by atoms with E-state index >= 15 is 0 Å². The summed E-state index contributed by atoms with van der Waals surface area (Å²) < 4.78 is 11.9. The summed E-state index contributed by atoms with van der Waals surface area (Å²) in [5, 5.41) is 0. The van der Waals surface area contributed by atoms with Crippen molar-refractivity contribution in [2.75, 3.05) is 13.2 Å². The van der Waals surface area contributed by atoms with Crippen LogP contribution in [-0.4, -0.2) is 26.1 Å². The van der Waals surface area contributed by atoms with Crippen molar-refractivity contribution in [3.63, 3.8) is 0 Å². The molecule has 3 rings (SSSR count). The molecule has 4 heteroatoms. The average Bonchev–Trinajstić information content (AvgIpc) is 2.61. The topological polar surface area (TPSA) is 35.5 Å². The van der Waals surface area contributed by atoms with Crippen LogP contribution in [0.25, 0.3) is 0 Å². The van der Waals surface area contributed by atoms with E-state index in [4.69, 9.17) is 9.31 Å². The summed E-state index contributed by atoms with van der Waals surface area (Å²) in [6.45, 7) is 5.52. The van der Waals surface area contributed by atoms with Crippen molar-refractivity contribution in [1.29, 1.82) is 0 Å². The molecular weight excluding hydrogens is 299 g/mol. The van der Waals surface area contributed by atoms with Crippen molar-refractivity contribution in [3.8, 4) is 0 Å². The molecule has 2 aromatic rings. The standard InChI is InChI=1S/C20H23BO3/c1-20(2)14-23-21(24-15-20)18(16-9-5-3-6-10-16)13-19(22)17-11-7-4-8-12-17/h3-12,18H,13-15H2,1-2H3/t18-/m0/s1. The van der Waals surface area contributed by atoms with Crippen molar-refractivity contribution in [2.45, 2.75) is 26.1 Å². The zero-order chi connectivity index (χ0) is 17.0.